The van der Waals surface area contributed by atoms with Gasteiger partial charge in [-0.05, 0) is 30.2 Å². The van der Waals surface area contributed by atoms with E-state index in [0.29, 0.717) is 11.8 Å². The molecule has 2 rings (SSSR count). The van der Waals surface area contributed by atoms with E-state index in [0.717, 1.165) is 17.5 Å². The Hall–Kier alpha value is -1.45. The molecular formula is C12H12F3N. The van der Waals surface area contributed by atoms with Crippen LogP contribution in [0.1, 0.15) is 24.5 Å². The predicted molar refractivity (Wildman–Crippen MR) is 57.3 cm³/mol. The fourth-order valence-corrected chi connectivity index (χ4v) is 1.88. The van der Waals surface area contributed by atoms with Crippen LogP contribution >= 0.6 is 0 Å². The molecule has 0 aliphatic carbocycles. The summed E-state index contributed by atoms with van der Waals surface area (Å²) < 4.78 is 37.9. The molecule has 2 aromatic rings. The zero-order valence-corrected chi connectivity index (χ0v) is 8.86. The number of aromatic nitrogens is 1. The molecule has 86 valence electrons. The summed E-state index contributed by atoms with van der Waals surface area (Å²) in [7, 11) is 0. The van der Waals surface area contributed by atoms with Crippen molar-refractivity contribution in [1.29, 1.82) is 0 Å². The molecule has 0 saturated heterocycles. The van der Waals surface area contributed by atoms with E-state index in [1.807, 2.05) is 6.92 Å². The zero-order chi connectivity index (χ0) is 11.8. The van der Waals surface area contributed by atoms with E-state index in [-0.39, 0.29) is 0 Å². The van der Waals surface area contributed by atoms with Crippen LogP contribution in [0.2, 0.25) is 0 Å². The summed E-state index contributed by atoms with van der Waals surface area (Å²) in [6.45, 7) is 1.95. The van der Waals surface area contributed by atoms with Gasteiger partial charge in [-0.2, -0.15) is 13.2 Å². The summed E-state index contributed by atoms with van der Waals surface area (Å²) in [5.74, 6) is 0. The number of alkyl halides is 3. The van der Waals surface area contributed by atoms with Crippen LogP contribution in [0, 0.1) is 0 Å². The molecule has 0 unspecified atom stereocenters. The highest BCUT2D eigenvalue weighted by Gasteiger charge is 2.31. The molecule has 0 spiro atoms. The summed E-state index contributed by atoms with van der Waals surface area (Å²) in [5.41, 5.74) is 0.982. The van der Waals surface area contributed by atoms with Crippen LogP contribution in [0.3, 0.4) is 0 Å². The van der Waals surface area contributed by atoms with Gasteiger partial charge in [0.25, 0.3) is 0 Å². The van der Waals surface area contributed by atoms with E-state index in [9.17, 15) is 13.2 Å². The second-order valence-electron chi connectivity index (χ2n) is 3.83. The summed E-state index contributed by atoms with van der Waals surface area (Å²) in [6, 6.07) is 4.09. The molecule has 1 nitrogen and oxygen atoms in total. The highest BCUT2D eigenvalue weighted by atomic mass is 19.4. The van der Waals surface area contributed by atoms with Crippen molar-refractivity contribution in [3.05, 3.63) is 35.5 Å². The minimum atomic E-state index is -4.27. The molecular weight excluding hydrogens is 215 g/mol. The van der Waals surface area contributed by atoms with E-state index in [1.165, 1.54) is 12.1 Å². The Morgan fingerprint density at radius 1 is 1.25 bits per heavy atom. The predicted octanol–water partition coefficient (Wildman–Crippen LogP) is 4.14. The number of halogens is 3. The molecule has 4 heteroatoms. The number of aryl methyl sites for hydroxylation is 1. The number of fused-ring (bicyclic) bond motifs is 1. The lowest BCUT2D eigenvalue weighted by Crippen LogP contribution is -2.05. The van der Waals surface area contributed by atoms with Crippen molar-refractivity contribution < 1.29 is 13.2 Å². The minimum Gasteiger partial charge on any atom is -0.361 e. The van der Waals surface area contributed by atoms with Gasteiger partial charge in [0.1, 0.15) is 0 Å². The van der Waals surface area contributed by atoms with Crippen molar-refractivity contribution >= 4 is 10.9 Å². The number of nitrogens with one attached hydrogen (secondary N) is 1. The molecule has 0 radical (unpaired) electrons. The average molecular weight is 227 g/mol. The third-order valence-corrected chi connectivity index (χ3v) is 2.59. The van der Waals surface area contributed by atoms with Crippen molar-refractivity contribution in [2.45, 2.75) is 25.9 Å². The van der Waals surface area contributed by atoms with Crippen LogP contribution in [0.4, 0.5) is 13.2 Å². The van der Waals surface area contributed by atoms with E-state index in [1.54, 1.807) is 12.3 Å². The van der Waals surface area contributed by atoms with Crippen LogP contribution < -0.4 is 0 Å². The molecule has 0 bridgehead atoms. The van der Waals surface area contributed by atoms with E-state index in [2.05, 4.69) is 4.98 Å². The van der Waals surface area contributed by atoms with Gasteiger partial charge in [0.2, 0.25) is 0 Å². The summed E-state index contributed by atoms with van der Waals surface area (Å²) >= 11 is 0. The molecule has 0 amide bonds. The summed E-state index contributed by atoms with van der Waals surface area (Å²) in [4.78, 5) is 2.98. The molecule has 0 aliphatic heterocycles. The number of aromatic amines is 1. The van der Waals surface area contributed by atoms with Gasteiger partial charge in [-0.25, -0.2) is 0 Å². The second-order valence-corrected chi connectivity index (χ2v) is 3.83. The molecule has 16 heavy (non-hydrogen) atoms. The smallest absolute Gasteiger partial charge is 0.361 e. The molecule has 1 N–H and O–H groups in total. The summed E-state index contributed by atoms with van der Waals surface area (Å²) in [5, 5.41) is 0.623. The minimum absolute atomic E-state index is 0.567. The van der Waals surface area contributed by atoms with Gasteiger partial charge < -0.3 is 4.98 Å². The van der Waals surface area contributed by atoms with Crippen molar-refractivity contribution in [3.8, 4) is 0 Å². The standard InChI is InChI=1S/C12H12F3N/c1-2-3-8-6-10(12(13,14)15)7-9-4-5-16-11(8)9/h4-7,16H,2-3H2,1H3. The van der Waals surface area contributed by atoms with Gasteiger partial charge in [-0.1, -0.05) is 13.3 Å². The fourth-order valence-electron chi connectivity index (χ4n) is 1.88. The normalized spacial score (nSPS) is 12.2. The number of hydrogen-bond acceptors (Lipinski definition) is 0. The van der Waals surface area contributed by atoms with Gasteiger partial charge >= 0.3 is 6.18 Å². The maximum absolute atomic E-state index is 12.6. The van der Waals surface area contributed by atoms with Crippen LogP contribution in [0.5, 0.6) is 0 Å². The van der Waals surface area contributed by atoms with Crippen LogP contribution in [-0.2, 0) is 12.6 Å². The first-order chi connectivity index (χ1) is 7.52. The largest absolute Gasteiger partial charge is 0.416 e. The Bertz CT molecular complexity index is 496. The quantitative estimate of drug-likeness (QED) is 0.793. The third kappa shape index (κ3) is 1.92. The number of benzene rings is 1. The van der Waals surface area contributed by atoms with Gasteiger partial charge in [0.05, 0.1) is 5.56 Å². The first-order valence-electron chi connectivity index (χ1n) is 5.19. The Morgan fingerprint density at radius 2 is 2.00 bits per heavy atom. The van der Waals surface area contributed by atoms with E-state index < -0.39 is 11.7 Å². The summed E-state index contributed by atoms with van der Waals surface area (Å²) in [6.07, 6.45) is -1.12. The Kier molecular flexibility index (Phi) is 2.66. The highest BCUT2D eigenvalue weighted by Crippen LogP contribution is 2.33. The molecule has 0 fully saturated rings. The lowest BCUT2D eigenvalue weighted by atomic mass is 10.0. The Morgan fingerprint density at radius 3 is 2.62 bits per heavy atom. The highest BCUT2D eigenvalue weighted by molar-refractivity contribution is 5.83. The monoisotopic (exact) mass is 227 g/mol. The third-order valence-electron chi connectivity index (χ3n) is 2.59. The van der Waals surface area contributed by atoms with Gasteiger partial charge in [0, 0.05) is 17.1 Å². The maximum atomic E-state index is 12.6. The van der Waals surface area contributed by atoms with Crippen LogP contribution in [-0.4, -0.2) is 4.98 Å². The van der Waals surface area contributed by atoms with E-state index in [4.69, 9.17) is 0 Å². The van der Waals surface area contributed by atoms with Crippen molar-refractivity contribution in [2.75, 3.05) is 0 Å². The zero-order valence-electron chi connectivity index (χ0n) is 8.86. The first-order valence-corrected chi connectivity index (χ1v) is 5.19. The lowest BCUT2D eigenvalue weighted by Gasteiger charge is -2.10. The maximum Gasteiger partial charge on any atom is 0.416 e. The van der Waals surface area contributed by atoms with Gasteiger partial charge in [0.15, 0.2) is 0 Å². The second kappa shape index (κ2) is 3.85. The number of hydrogen-bond donors (Lipinski definition) is 1. The molecule has 0 aliphatic rings. The molecule has 0 saturated carbocycles. The fraction of sp³-hybridized carbons (Fsp3) is 0.333. The van der Waals surface area contributed by atoms with Crippen molar-refractivity contribution in [2.24, 2.45) is 0 Å². The SMILES string of the molecule is CCCc1cc(C(F)(F)F)cc2cc[nH]c12. The Balaban J connectivity index is 2.61. The lowest BCUT2D eigenvalue weighted by molar-refractivity contribution is -0.137. The first kappa shape index (κ1) is 11.0. The van der Waals surface area contributed by atoms with Gasteiger partial charge in [-0.3, -0.25) is 0 Å². The van der Waals surface area contributed by atoms with Crippen LogP contribution in [0.15, 0.2) is 24.4 Å². The molecule has 1 aromatic carbocycles. The Labute approximate surface area is 91.3 Å². The molecule has 1 aromatic heterocycles. The topological polar surface area (TPSA) is 15.8 Å². The molecule has 0 atom stereocenters. The van der Waals surface area contributed by atoms with E-state index >= 15 is 0 Å². The van der Waals surface area contributed by atoms with Crippen molar-refractivity contribution in [3.63, 3.8) is 0 Å². The number of H-pyrrole nitrogens is 1. The van der Waals surface area contributed by atoms with Crippen LogP contribution in [0.25, 0.3) is 10.9 Å². The van der Waals surface area contributed by atoms with Crippen molar-refractivity contribution in [1.82, 2.24) is 4.98 Å². The number of rotatable bonds is 2. The molecule has 1 heterocycles. The van der Waals surface area contributed by atoms with Gasteiger partial charge in [-0.15, -0.1) is 0 Å². The average Bonchev–Trinajstić information content (AvgIpc) is 2.64.